The van der Waals surface area contributed by atoms with Crippen LogP contribution in [0.5, 0.6) is 0 Å². The lowest BCUT2D eigenvalue weighted by atomic mass is 9.82. The summed E-state index contributed by atoms with van der Waals surface area (Å²) in [5, 5.41) is 21.5. The third-order valence-electron chi connectivity index (χ3n) is 3.71. The van der Waals surface area contributed by atoms with Crippen molar-refractivity contribution in [1.29, 1.82) is 5.26 Å². The summed E-state index contributed by atoms with van der Waals surface area (Å²) < 4.78 is 1.92. The first-order valence-electron chi connectivity index (χ1n) is 6.06. The van der Waals surface area contributed by atoms with E-state index in [0.717, 1.165) is 31.6 Å². The molecule has 0 radical (unpaired) electrons. The summed E-state index contributed by atoms with van der Waals surface area (Å²) in [5.41, 5.74) is 3.03. The first kappa shape index (κ1) is 12.2. The third kappa shape index (κ3) is 2.51. The van der Waals surface area contributed by atoms with Crippen LogP contribution >= 0.6 is 0 Å². The summed E-state index contributed by atoms with van der Waals surface area (Å²) in [6, 6.07) is 4.13. The van der Waals surface area contributed by atoms with E-state index in [4.69, 9.17) is 5.26 Å². The molecule has 0 aromatic carbocycles. The summed E-state index contributed by atoms with van der Waals surface area (Å²) in [6.07, 6.45) is 1.76. The normalized spacial score (nSPS) is 23.2. The molecule has 1 fully saturated rings. The van der Waals surface area contributed by atoms with Crippen molar-refractivity contribution in [2.75, 3.05) is 6.54 Å². The van der Waals surface area contributed by atoms with Gasteiger partial charge in [0, 0.05) is 19.3 Å². The van der Waals surface area contributed by atoms with Crippen LogP contribution < -0.4 is 5.32 Å². The number of hydrogen-bond acceptors (Lipinski definition) is 3. The highest BCUT2D eigenvalue weighted by Crippen LogP contribution is 2.26. The van der Waals surface area contributed by atoms with Crippen LogP contribution in [0.15, 0.2) is 6.07 Å². The lowest BCUT2D eigenvalue weighted by Crippen LogP contribution is -2.35. The Balaban J connectivity index is 1.85. The molecule has 1 heterocycles. The largest absolute Gasteiger partial charge is 0.393 e. The molecule has 0 atom stereocenters. The van der Waals surface area contributed by atoms with Gasteiger partial charge in [-0.2, -0.15) is 5.26 Å². The second-order valence-corrected chi connectivity index (χ2v) is 4.93. The molecule has 1 aliphatic rings. The Kier molecular flexibility index (Phi) is 3.51. The van der Waals surface area contributed by atoms with Gasteiger partial charge in [-0.25, -0.2) is 0 Å². The van der Waals surface area contributed by atoms with Gasteiger partial charge in [0.2, 0.25) is 0 Å². The van der Waals surface area contributed by atoms with Gasteiger partial charge in [0.05, 0.1) is 6.10 Å². The molecule has 4 nitrogen and oxygen atoms in total. The van der Waals surface area contributed by atoms with Crippen LogP contribution in [0.25, 0.3) is 0 Å². The molecule has 1 aromatic rings. The number of aliphatic hydroxyl groups is 1. The zero-order valence-corrected chi connectivity index (χ0v) is 10.4. The number of nitrogens with zero attached hydrogens (tertiary/aromatic N) is 2. The number of nitrogens with one attached hydrogen (secondary N) is 1. The highest BCUT2D eigenvalue weighted by atomic mass is 16.3. The van der Waals surface area contributed by atoms with Gasteiger partial charge in [0.1, 0.15) is 11.8 Å². The number of aromatic nitrogens is 1. The van der Waals surface area contributed by atoms with Crippen molar-refractivity contribution >= 4 is 0 Å². The number of aliphatic hydroxyl groups excluding tert-OH is 1. The first-order chi connectivity index (χ1) is 8.11. The van der Waals surface area contributed by atoms with Crippen molar-refractivity contribution in [2.45, 2.75) is 32.4 Å². The molecule has 1 aromatic heterocycles. The molecule has 0 aliphatic heterocycles. The van der Waals surface area contributed by atoms with Crippen LogP contribution in [0, 0.1) is 24.2 Å². The Hall–Kier alpha value is -1.31. The van der Waals surface area contributed by atoms with E-state index in [-0.39, 0.29) is 6.10 Å². The number of nitriles is 1. The van der Waals surface area contributed by atoms with E-state index in [1.165, 1.54) is 5.56 Å². The fourth-order valence-electron chi connectivity index (χ4n) is 2.33. The van der Waals surface area contributed by atoms with Crippen LogP contribution in [0.4, 0.5) is 0 Å². The minimum absolute atomic E-state index is 0.0783. The van der Waals surface area contributed by atoms with Gasteiger partial charge < -0.3 is 15.0 Å². The first-order valence-corrected chi connectivity index (χ1v) is 6.06. The summed E-state index contributed by atoms with van der Waals surface area (Å²) >= 11 is 0. The van der Waals surface area contributed by atoms with Crippen LogP contribution in [0.1, 0.15) is 29.8 Å². The van der Waals surface area contributed by atoms with Crippen molar-refractivity contribution < 1.29 is 5.11 Å². The molecule has 0 bridgehead atoms. The fourth-order valence-corrected chi connectivity index (χ4v) is 2.33. The molecule has 1 aliphatic carbocycles. The van der Waals surface area contributed by atoms with Crippen molar-refractivity contribution in [3.05, 3.63) is 23.0 Å². The van der Waals surface area contributed by atoms with Crippen LogP contribution in [-0.4, -0.2) is 22.3 Å². The van der Waals surface area contributed by atoms with E-state index < -0.39 is 0 Å². The summed E-state index contributed by atoms with van der Waals surface area (Å²) in [7, 11) is 1.92. The molecule has 2 N–H and O–H groups in total. The Labute approximate surface area is 102 Å². The second-order valence-electron chi connectivity index (χ2n) is 4.93. The minimum Gasteiger partial charge on any atom is -0.393 e. The van der Waals surface area contributed by atoms with Gasteiger partial charge in [-0.05, 0) is 43.9 Å². The SMILES string of the molecule is Cc1c(CNCC2CC(O)C2)cc(C#N)n1C. The monoisotopic (exact) mass is 233 g/mol. The van der Waals surface area contributed by atoms with Crippen molar-refractivity contribution in [2.24, 2.45) is 13.0 Å². The van der Waals surface area contributed by atoms with E-state index in [9.17, 15) is 5.11 Å². The maximum absolute atomic E-state index is 9.18. The fraction of sp³-hybridized carbons (Fsp3) is 0.615. The highest BCUT2D eigenvalue weighted by Gasteiger charge is 2.26. The predicted molar refractivity (Wildman–Crippen MR) is 65.3 cm³/mol. The molecule has 4 heteroatoms. The Morgan fingerprint density at radius 2 is 2.29 bits per heavy atom. The molecule has 0 spiro atoms. The topological polar surface area (TPSA) is 61.0 Å². The summed E-state index contributed by atoms with van der Waals surface area (Å²) in [4.78, 5) is 0. The minimum atomic E-state index is -0.0783. The van der Waals surface area contributed by atoms with Crippen LogP contribution in [0.2, 0.25) is 0 Å². The smallest absolute Gasteiger partial charge is 0.120 e. The van der Waals surface area contributed by atoms with Gasteiger partial charge in [-0.1, -0.05) is 0 Å². The molecular formula is C13H19N3O. The number of hydrogen-bond donors (Lipinski definition) is 2. The third-order valence-corrected chi connectivity index (χ3v) is 3.71. The van der Waals surface area contributed by atoms with Crippen molar-refractivity contribution in [1.82, 2.24) is 9.88 Å². The molecule has 2 rings (SSSR count). The molecule has 92 valence electrons. The molecular weight excluding hydrogens is 214 g/mol. The molecule has 1 saturated carbocycles. The van der Waals surface area contributed by atoms with Crippen LogP contribution in [-0.2, 0) is 13.6 Å². The van der Waals surface area contributed by atoms with Gasteiger partial charge >= 0.3 is 0 Å². The maximum atomic E-state index is 9.18. The van der Waals surface area contributed by atoms with E-state index in [1.54, 1.807) is 0 Å². The second kappa shape index (κ2) is 4.91. The van der Waals surface area contributed by atoms with Gasteiger partial charge in [-0.3, -0.25) is 0 Å². The van der Waals surface area contributed by atoms with Crippen molar-refractivity contribution in [3.8, 4) is 6.07 Å². The number of rotatable bonds is 4. The lowest BCUT2D eigenvalue weighted by molar-refractivity contribution is 0.0429. The van der Waals surface area contributed by atoms with E-state index in [0.29, 0.717) is 11.6 Å². The summed E-state index contributed by atoms with van der Waals surface area (Å²) in [5.74, 6) is 0.615. The average Bonchev–Trinajstić information content (AvgIpc) is 2.54. The average molecular weight is 233 g/mol. The van der Waals surface area contributed by atoms with Gasteiger partial charge in [-0.15, -0.1) is 0 Å². The highest BCUT2D eigenvalue weighted by molar-refractivity contribution is 5.34. The lowest BCUT2D eigenvalue weighted by Gasteiger charge is -2.31. The van der Waals surface area contributed by atoms with Gasteiger partial charge in [0.25, 0.3) is 0 Å². The summed E-state index contributed by atoms with van der Waals surface area (Å²) in [6.45, 7) is 3.78. The molecule has 0 saturated heterocycles. The Bertz CT molecular complexity index is 438. The standard InChI is InChI=1S/C13H19N3O/c1-9-11(5-12(6-14)16(9)2)8-15-7-10-3-13(17)4-10/h5,10,13,15,17H,3-4,7-8H2,1-2H3. The van der Waals surface area contributed by atoms with E-state index in [1.807, 2.05) is 24.6 Å². The molecule has 0 amide bonds. The Morgan fingerprint density at radius 3 is 2.82 bits per heavy atom. The van der Waals surface area contributed by atoms with E-state index in [2.05, 4.69) is 11.4 Å². The van der Waals surface area contributed by atoms with Gasteiger partial charge in [0.15, 0.2) is 0 Å². The zero-order valence-electron chi connectivity index (χ0n) is 10.4. The van der Waals surface area contributed by atoms with Crippen LogP contribution in [0.3, 0.4) is 0 Å². The zero-order chi connectivity index (χ0) is 12.4. The van der Waals surface area contributed by atoms with Crippen molar-refractivity contribution in [3.63, 3.8) is 0 Å². The molecule has 0 unspecified atom stereocenters. The Morgan fingerprint density at radius 1 is 1.59 bits per heavy atom. The maximum Gasteiger partial charge on any atom is 0.120 e. The van der Waals surface area contributed by atoms with E-state index >= 15 is 0 Å². The molecule has 17 heavy (non-hydrogen) atoms. The predicted octanol–water partition coefficient (Wildman–Crippen LogP) is 1.07. The quantitative estimate of drug-likeness (QED) is 0.817.